The first kappa shape index (κ1) is 11.4. The van der Waals surface area contributed by atoms with Gasteiger partial charge in [0.1, 0.15) is 5.56 Å². The molecule has 6 nitrogen and oxygen atoms in total. The van der Waals surface area contributed by atoms with Crippen molar-refractivity contribution in [1.82, 2.24) is 14.6 Å². The topological polar surface area (TPSA) is 76.7 Å². The molecule has 0 amide bonds. The van der Waals surface area contributed by atoms with Crippen LogP contribution in [-0.2, 0) is 0 Å². The molecule has 0 saturated carbocycles. The minimum atomic E-state index is -1.09. The Morgan fingerprint density at radius 2 is 2.24 bits per heavy atom. The molecule has 0 unspecified atom stereocenters. The maximum Gasteiger partial charge on any atom is 0.342 e. The number of carboxylic acids is 1. The Morgan fingerprint density at radius 1 is 1.53 bits per heavy atom. The molecule has 2 heterocycles. The maximum atomic E-state index is 11.0. The predicted octanol–water partition coefficient (Wildman–Crippen LogP) is 1.56. The number of carboxylic acid groups (broad SMARTS) is 1. The first-order chi connectivity index (χ1) is 8.04. The molecule has 17 heavy (non-hydrogen) atoms. The minimum absolute atomic E-state index is 0.00148. The van der Waals surface area contributed by atoms with E-state index in [9.17, 15) is 4.79 Å². The third-order valence-electron chi connectivity index (χ3n) is 2.47. The molecule has 2 rings (SSSR count). The van der Waals surface area contributed by atoms with Gasteiger partial charge in [0.15, 0.2) is 5.65 Å². The first-order valence-corrected chi connectivity index (χ1v) is 5.20. The number of aromatic nitrogens is 3. The molecule has 0 radical (unpaired) electrons. The average Bonchev–Trinajstić information content (AvgIpc) is 2.70. The highest BCUT2D eigenvalue weighted by atomic mass is 16.5. The van der Waals surface area contributed by atoms with Crippen molar-refractivity contribution < 1.29 is 14.6 Å². The van der Waals surface area contributed by atoms with Crippen LogP contribution in [0, 0.1) is 0 Å². The zero-order valence-corrected chi connectivity index (χ0v) is 9.84. The monoisotopic (exact) mass is 235 g/mol. The van der Waals surface area contributed by atoms with Crippen molar-refractivity contribution in [2.24, 2.45) is 0 Å². The van der Waals surface area contributed by atoms with Gasteiger partial charge >= 0.3 is 5.97 Å². The van der Waals surface area contributed by atoms with Crippen LogP contribution in [0.4, 0.5) is 0 Å². The van der Waals surface area contributed by atoms with E-state index in [1.807, 2.05) is 19.9 Å². The normalized spacial score (nSPS) is 11.1. The second-order valence-electron chi connectivity index (χ2n) is 3.98. The van der Waals surface area contributed by atoms with Crippen molar-refractivity contribution in [1.29, 1.82) is 0 Å². The summed E-state index contributed by atoms with van der Waals surface area (Å²) in [6, 6.07) is 1.82. The Morgan fingerprint density at radius 3 is 2.76 bits per heavy atom. The van der Waals surface area contributed by atoms with Gasteiger partial charge in [0.05, 0.1) is 12.8 Å². The molecule has 2 aromatic heterocycles. The van der Waals surface area contributed by atoms with Crippen molar-refractivity contribution in [3.8, 4) is 5.88 Å². The molecule has 0 spiro atoms. The van der Waals surface area contributed by atoms with Gasteiger partial charge in [-0.05, 0) is 5.92 Å². The van der Waals surface area contributed by atoms with Crippen LogP contribution >= 0.6 is 0 Å². The molecule has 1 N–H and O–H groups in total. The molecule has 0 atom stereocenters. The Hall–Kier alpha value is -2.11. The highest BCUT2D eigenvalue weighted by Gasteiger charge is 2.17. The maximum absolute atomic E-state index is 11.0. The number of hydrogen-bond donors (Lipinski definition) is 1. The molecule has 0 aromatic carbocycles. The van der Waals surface area contributed by atoms with E-state index in [1.54, 1.807) is 0 Å². The Labute approximate surface area is 97.9 Å². The van der Waals surface area contributed by atoms with Gasteiger partial charge in [-0.15, -0.1) is 0 Å². The van der Waals surface area contributed by atoms with Gasteiger partial charge in [-0.3, -0.25) is 0 Å². The number of hydrogen-bond acceptors (Lipinski definition) is 4. The van der Waals surface area contributed by atoms with Gasteiger partial charge in [-0.25, -0.2) is 9.78 Å². The summed E-state index contributed by atoms with van der Waals surface area (Å²) in [4.78, 5) is 15.1. The largest absolute Gasteiger partial charge is 0.480 e. The lowest BCUT2D eigenvalue weighted by Gasteiger charge is -2.05. The van der Waals surface area contributed by atoms with Gasteiger partial charge in [0.2, 0.25) is 5.88 Å². The van der Waals surface area contributed by atoms with Crippen LogP contribution < -0.4 is 4.74 Å². The van der Waals surface area contributed by atoms with Crippen molar-refractivity contribution >= 4 is 11.6 Å². The summed E-state index contributed by atoms with van der Waals surface area (Å²) in [6.45, 7) is 4.01. The van der Waals surface area contributed by atoms with E-state index in [4.69, 9.17) is 9.84 Å². The lowest BCUT2D eigenvalue weighted by molar-refractivity contribution is 0.0691. The summed E-state index contributed by atoms with van der Waals surface area (Å²) in [5.41, 5.74) is 1.42. The predicted molar refractivity (Wildman–Crippen MR) is 60.6 cm³/mol. The Balaban J connectivity index is 2.72. The van der Waals surface area contributed by atoms with E-state index < -0.39 is 5.97 Å². The van der Waals surface area contributed by atoms with Crippen LogP contribution in [0.2, 0.25) is 0 Å². The smallest absolute Gasteiger partial charge is 0.342 e. The van der Waals surface area contributed by atoms with Crippen LogP contribution in [-0.4, -0.2) is 32.8 Å². The number of aromatic carboxylic acids is 1. The quantitative estimate of drug-likeness (QED) is 0.873. The Bertz CT molecular complexity index is 575. The second-order valence-corrected chi connectivity index (χ2v) is 3.98. The summed E-state index contributed by atoms with van der Waals surface area (Å²) in [5, 5.41) is 13.3. The molecule has 2 aromatic rings. The summed E-state index contributed by atoms with van der Waals surface area (Å²) in [6.07, 6.45) is 1.28. The summed E-state index contributed by atoms with van der Waals surface area (Å²) in [7, 11) is 1.41. The molecular weight excluding hydrogens is 222 g/mol. The molecular formula is C11H13N3O3. The second kappa shape index (κ2) is 4.04. The molecule has 6 heteroatoms. The van der Waals surface area contributed by atoms with Gasteiger partial charge in [-0.2, -0.15) is 9.61 Å². The standard InChI is InChI=1S/C11H13N3O3/c1-6(2)8-4-9-12-5-7(11(15)16)10(17-3)14(9)13-8/h4-6H,1-3H3,(H,15,16). The van der Waals surface area contributed by atoms with Crippen molar-refractivity contribution in [3.05, 3.63) is 23.5 Å². The minimum Gasteiger partial charge on any atom is -0.480 e. The molecule has 0 aliphatic heterocycles. The molecule has 0 aliphatic carbocycles. The molecule has 90 valence electrons. The first-order valence-electron chi connectivity index (χ1n) is 5.20. The third kappa shape index (κ3) is 1.82. The summed E-state index contributed by atoms with van der Waals surface area (Å²) in [5.74, 6) is -0.651. The highest BCUT2D eigenvalue weighted by Crippen LogP contribution is 2.21. The summed E-state index contributed by atoms with van der Waals surface area (Å²) < 4.78 is 6.51. The number of carbonyl (C=O) groups is 1. The van der Waals surface area contributed by atoms with Crippen LogP contribution in [0.5, 0.6) is 5.88 Å². The average molecular weight is 235 g/mol. The van der Waals surface area contributed by atoms with Gasteiger partial charge in [0, 0.05) is 12.3 Å². The van der Waals surface area contributed by atoms with Crippen LogP contribution in [0.3, 0.4) is 0 Å². The van der Waals surface area contributed by atoms with Crippen LogP contribution in [0.1, 0.15) is 35.8 Å². The fourth-order valence-corrected chi connectivity index (χ4v) is 1.56. The van der Waals surface area contributed by atoms with E-state index in [0.29, 0.717) is 5.65 Å². The van der Waals surface area contributed by atoms with E-state index in [1.165, 1.54) is 17.8 Å². The lowest BCUT2D eigenvalue weighted by Crippen LogP contribution is -2.07. The number of methoxy groups -OCH3 is 1. The number of ether oxygens (including phenoxy) is 1. The van der Waals surface area contributed by atoms with Crippen molar-refractivity contribution in [3.63, 3.8) is 0 Å². The van der Waals surface area contributed by atoms with Crippen LogP contribution in [0.25, 0.3) is 5.65 Å². The lowest BCUT2D eigenvalue weighted by atomic mass is 10.1. The fraction of sp³-hybridized carbons (Fsp3) is 0.364. The van der Waals surface area contributed by atoms with Crippen molar-refractivity contribution in [2.75, 3.05) is 7.11 Å². The zero-order valence-electron chi connectivity index (χ0n) is 9.84. The zero-order chi connectivity index (χ0) is 12.6. The van der Waals surface area contributed by atoms with Gasteiger partial charge in [-0.1, -0.05) is 13.8 Å². The van der Waals surface area contributed by atoms with Crippen molar-refractivity contribution in [2.45, 2.75) is 19.8 Å². The number of fused-ring (bicyclic) bond motifs is 1. The van der Waals surface area contributed by atoms with Gasteiger partial charge in [0.25, 0.3) is 0 Å². The molecule has 0 bridgehead atoms. The molecule has 0 aliphatic rings. The van der Waals surface area contributed by atoms with E-state index >= 15 is 0 Å². The third-order valence-corrected chi connectivity index (χ3v) is 2.47. The van der Waals surface area contributed by atoms with E-state index in [2.05, 4.69) is 10.1 Å². The molecule has 0 saturated heterocycles. The summed E-state index contributed by atoms with van der Waals surface area (Å²) >= 11 is 0. The van der Waals surface area contributed by atoms with Gasteiger partial charge < -0.3 is 9.84 Å². The van der Waals surface area contributed by atoms with E-state index in [-0.39, 0.29) is 17.4 Å². The fourth-order valence-electron chi connectivity index (χ4n) is 1.56. The van der Waals surface area contributed by atoms with Crippen LogP contribution in [0.15, 0.2) is 12.3 Å². The molecule has 0 fully saturated rings. The highest BCUT2D eigenvalue weighted by molar-refractivity contribution is 5.90. The number of rotatable bonds is 3. The SMILES string of the molecule is COc1c(C(=O)O)cnc2cc(C(C)C)nn12. The Kier molecular flexibility index (Phi) is 2.71. The number of nitrogens with zero attached hydrogens (tertiary/aromatic N) is 3. The van der Waals surface area contributed by atoms with E-state index in [0.717, 1.165) is 5.69 Å².